The van der Waals surface area contributed by atoms with E-state index in [1.165, 1.54) is 12.2 Å². The molecule has 1 N–H and O–H groups in total. The average Bonchev–Trinajstić information content (AvgIpc) is 2.96. The number of thioether (sulfide) groups is 1. The van der Waals surface area contributed by atoms with Crippen LogP contribution in [-0.2, 0) is 0 Å². The first-order valence-electron chi connectivity index (χ1n) is 6.83. The van der Waals surface area contributed by atoms with Crippen molar-refractivity contribution in [2.75, 3.05) is 16.8 Å². The average molecular weight is 289 g/mol. The van der Waals surface area contributed by atoms with Crippen LogP contribution in [0.25, 0.3) is 5.69 Å². The first-order chi connectivity index (χ1) is 9.65. The molecular weight excluding hydrogens is 270 g/mol. The van der Waals surface area contributed by atoms with Crippen molar-refractivity contribution in [2.24, 2.45) is 5.41 Å². The van der Waals surface area contributed by atoms with Crippen LogP contribution in [0.2, 0.25) is 0 Å². The molecule has 106 valence electrons. The molecule has 0 amide bonds. The van der Waals surface area contributed by atoms with Gasteiger partial charge in [-0.25, -0.2) is 4.68 Å². The minimum Gasteiger partial charge on any atom is -0.381 e. The first kappa shape index (κ1) is 13.4. The summed E-state index contributed by atoms with van der Waals surface area (Å²) in [7, 11) is 0. The van der Waals surface area contributed by atoms with Crippen LogP contribution < -0.4 is 5.32 Å². The zero-order chi connectivity index (χ0) is 14.0. The highest BCUT2D eigenvalue weighted by molar-refractivity contribution is 7.99. The molecule has 0 saturated carbocycles. The Hall–Kier alpha value is -1.56. The molecule has 1 aromatic heterocycles. The number of hydrogen-bond acceptors (Lipinski definition) is 5. The van der Waals surface area contributed by atoms with Gasteiger partial charge in [0.25, 0.3) is 0 Å². The van der Waals surface area contributed by atoms with E-state index in [0.29, 0.717) is 11.5 Å². The lowest BCUT2D eigenvalue weighted by Crippen LogP contribution is -2.41. The van der Waals surface area contributed by atoms with Crippen molar-refractivity contribution in [1.82, 2.24) is 20.2 Å². The van der Waals surface area contributed by atoms with Gasteiger partial charge in [-0.05, 0) is 46.2 Å². The highest BCUT2D eigenvalue weighted by atomic mass is 32.2. The minimum atomic E-state index is 0.329. The van der Waals surface area contributed by atoms with E-state index in [2.05, 4.69) is 46.8 Å². The predicted octanol–water partition coefficient (Wildman–Crippen LogP) is 2.61. The second-order valence-electron chi connectivity index (χ2n) is 5.82. The lowest BCUT2D eigenvalue weighted by molar-refractivity contribution is 0.305. The molecule has 2 aromatic rings. The monoisotopic (exact) mass is 289 g/mol. The molecule has 1 atom stereocenters. The smallest absolute Gasteiger partial charge is 0.143 e. The summed E-state index contributed by atoms with van der Waals surface area (Å²) in [6.07, 6.45) is 2.86. The SMILES string of the molecule is CC1(C)CCSCC1Nc1cccc(-n2cnnn2)c1. The van der Waals surface area contributed by atoms with Crippen LogP contribution in [0.5, 0.6) is 0 Å². The van der Waals surface area contributed by atoms with Crippen LogP contribution >= 0.6 is 11.8 Å². The summed E-state index contributed by atoms with van der Waals surface area (Å²) in [6, 6.07) is 8.71. The first-order valence-corrected chi connectivity index (χ1v) is 7.98. The van der Waals surface area contributed by atoms with Gasteiger partial charge in [0, 0.05) is 17.5 Å². The van der Waals surface area contributed by atoms with E-state index in [-0.39, 0.29) is 0 Å². The largest absolute Gasteiger partial charge is 0.381 e. The molecule has 2 heterocycles. The Balaban J connectivity index is 1.79. The number of rotatable bonds is 3. The molecule has 0 aliphatic carbocycles. The van der Waals surface area contributed by atoms with Crippen LogP contribution in [0, 0.1) is 5.41 Å². The van der Waals surface area contributed by atoms with Crippen molar-refractivity contribution in [3.05, 3.63) is 30.6 Å². The van der Waals surface area contributed by atoms with Crippen LogP contribution in [-0.4, -0.2) is 37.8 Å². The van der Waals surface area contributed by atoms with Gasteiger partial charge in [-0.3, -0.25) is 0 Å². The summed E-state index contributed by atoms with van der Waals surface area (Å²) in [5.41, 5.74) is 2.43. The number of benzene rings is 1. The molecule has 0 bridgehead atoms. The molecule has 5 nitrogen and oxygen atoms in total. The third kappa shape index (κ3) is 2.80. The lowest BCUT2D eigenvalue weighted by Gasteiger charge is -2.39. The van der Waals surface area contributed by atoms with Crippen molar-refractivity contribution in [3.63, 3.8) is 0 Å². The lowest BCUT2D eigenvalue weighted by atomic mass is 9.82. The third-order valence-electron chi connectivity index (χ3n) is 3.92. The molecule has 1 saturated heterocycles. The highest BCUT2D eigenvalue weighted by Gasteiger charge is 2.32. The highest BCUT2D eigenvalue weighted by Crippen LogP contribution is 2.36. The Morgan fingerprint density at radius 3 is 3.05 bits per heavy atom. The van der Waals surface area contributed by atoms with Crippen LogP contribution in [0.3, 0.4) is 0 Å². The van der Waals surface area contributed by atoms with Crippen molar-refractivity contribution >= 4 is 17.4 Å². The fourth-order valence-electron chi connectivity index (χ4n) is 2.39. The van der Waals surface area contributed by atoms with Crippen molar-refractivity contribution < 1.29 is 0 Å². The Morgan fingerprint density at radius 1 is 1.40 bits per heavy atom. The molecule has 20 heavy (non-hydrogen) atoms. The molecular formula is C14H19N5S. The van der Waals surface area contributed by atoms with Gasteiger partial charge in [0.1, 0.15) is 6.33 Å². The summed E-state index contributed by atoms with van der Waals surface area (Å²) in [5.74, 6) is 2.41. The van der Waals surface area contributed by atoms with Gasteiger partial charge in [-0.15, -0.1) is 5.10 Å². The van der Waals surface area contributed by atoms with Gasteiger partial charge in [-0.1, -0.05) is 19.9 Å². The maximum Gasteiger partial charge on any atom is 0.143 e. The van der Waals surface area contributed by atoms with E-state index in [4.69, 9.17) is 0 Å². The summed E-state index contributed by atoms with van der Waals surface area (Å²) in [6.45, 7) is 4.69. The van der Waals surface area contributed by atoms with E-state index in [1.54, 1.807) is 11.0 Å². The molecule has 0 spiro atoms. The normalized spacial score (nSPS) is 21.6. The molecule has 1 aromatic carbocycles. The van der Waals surface area contributed by atoms with Gasteiger partial charge >= 0.3 is 0 Å². The Kier molecular flexibility index (Phi) is 3.65. The van der Waals surface area contributed by atoms with Gasteiger partial charge in [-0.2, -0.15) is 11.8 Å². The molecule has 1 fully saturated rings. The Bertz CT molecular complexity index is 567. The molecule has 1 unspecified atom stereocenters. The van der Waals surface area contributed by atoms with E-state index >= 15 is 0 Å². The summed E-state index contributed by atoms with van der Waals surface area (Å²) in [4.78, 5) is 0. The number of hydrogen-bond donors (Lipinski definition) is 1. The zero-order valence-corrected chi connectivity index (χ0v) is 12.6. The van der Waals surface area contributed by atoms with Gasteiger partial charge < -0.3 is 5.32 Å². The maximum absolute atomic E-state index is 3.93. The number of anilines is 1. The number of tetrazole rings is 1. The summed E-state index contributed by atoms with van der Waals surface area (Å²) < 4.78 is 1.67. The summed E-state index contributed by atoms with van der Waals surface area (Å²) in [5, 5.41) is 14.9. The van der Waals surface area contributed by atoms with E-state index in [9.17, 15) is 0 Å². The van der Waals surface area contributed by atoms with Crippen LogP contribution in [0.15, 0.2) is 30.6 Å². The number of nitrogens with one attached hydrogen (secondary N) is 1. The molecule has 1 aliphatic rings. The second kappa shape index (κ2) is 5.44. The third-order valence-corrected chi connectivity index (χ3v) is 4.98. The van der Waals surface area contributed by atoms with E-state index in [1.807, 2.05) is 23.9 Å². The van der Waals surface area contributed by atoms with Crippen molar-refractivity contribution in [2.45, 2.75) is 26.3 Å². The summed E-state index contributed by atoms with van der Waals surface area (Å²) >= 11 is 2.03. The van der Waals surface area contributed by atoms with Crippen LogP contribution in [0.1, 0.15) is 20.3 Å². The van der Waals surface area contributed by atoms with E-state index < -0.39 is 0 Å². The topological polar surface area (TPSA) is 55.6 Å². The molecule has 1 aliphatic heterocycles. The second-order valence-corrected chi connectivity index (χ2v) is 6.96. The quantitative estimate of drug-likeness (QED) is 0.941. The number of nitrogens with zero attached hydrogens (tertiary/aromatic N) is 4. The fourth-order valence-corrected chi connectivity index (χ4v) is 4.00. The minimum absolute atomic E-state index is 0.329. The van der Waals surface area contributed by atoms with Gasteiger partial charge in [0.05, 0.1) is 5.69 Å². The number of aromatic nitrogens is 4. The maximum atomic E-state index is 3.93. The Labute approximate surface area is 123 Å². The molecule has 6 heteroatoms. The molecule has 3 rings (SSSR count). The predicted molar refractivity (Wildman–Crippen MR) is 82.3 cm³/mol. The van der Waals surface area contributed by atoms with Gasteiger partial charge in [0.2, 0.25) is 0 Å². The Morgan fingerprint density at radius 2 is 2.30 bits per heavy atom. The van der Waals surface area contributed by atoms with Gasteiger partial charge in [0.15, 0.2) is 0 Å². The van der Waals surface area contributed by atoms with Crippen molar-refractivity contribution in [1.29, 1.82) is 0 Å². The molecule has 0 radical (unpaired) electrons. The zero-order valence-electron chi connectivity index (χ0n) is 11.8. The van der Waals surface area contributed by atoms with Crippen molar-refractivity contribution in [3.8, 4) is 5.69 Å². The van der Waals surface area contributed by atoms with E-state index in [0.717, 1.165) is 17.1 Å². The van der Waals surface area contributed by atoms with Crippen LogP contribution in [0.4, 0.5) is 5.69 Å². The fraction of sp³-hybridized carbons (Fsp3) is 0.500. The standard InChI is InChI=1S/C14H19N5S/c1-14(2)6-7-20-9-13(14)16-11-4-3-5-12(8-11)19-10-15-17-18-19/h3-5,8,10,13,16H,6-7,9H2,1-2H3.